The van der Waals surface area contributed by atoms with Crippen LogP contribution < -0.4 is 5.32 Å². The highest BCUT2D eigenvalue weighted by molar-refractivity contribution is 5.22. The largest absolute Gasteiger partial charge is 0.385 e. The van der Waals surface area contributed by atoms with Gasteiger partial charge < -0.3 is 10.4 Å². The number of nitrogens with one attached hydrogen (secondary N) is 1. The summed E-state index contributed by atoms with van der Waals surface area (Å²) in [4.78, 5) is 3.17. The van der Waals surface area contributed by atoms with Gasteiger partial charge in [-0.2, -0.15) is 13.8 Å². The second kappa shape index (κ2) is 4.24. The van der Waals surface area contributed by atoms with Crippen LogP contribution in [-0.2, 0) is 5.60 Å². The summed E-state index contributed by atoms with van der Waals surface area (Å²) in [6.45, 7) is 0. The summed E-state index contributed by atoms with van der Waals surface area (Å²) in [5.41, 5.74) is -1.09. The Labute approximate surface area is 104 Å². The number of piperidine rings is 2. The monoisotopic (exact) mass is 254 g/mol. The summed E-state index contributed by atoms with van der Waals surface area (Å²) < 4.78 is 26.5. The van der Waals surface area contributed by atoms with Crippen molar-refractivity contribution in [2.75, 3.05) is 0 Å². The van der Waals surface area contributed by atoms with Crippen molar-refractivity contribution in [3.8, 4) is 0 Å². The molecular weight excluding hydrogens is 238 g/mol. The quantitative estimate of drug-likeness (QED) is 0.752. The first-order valence-electron chi connectivity index (χ1n) is 6.38. The Morgan fingerprint density at radius 1 is 1.22 bits per heavy atom. The molecule has 98 valence electrons. The van der Waals surface area contributed by atoms with E-state index in [0.29, 0.717) is 12.8 Å². The molecule has 0 spiro atoms. The van der Waals surface area contributed by atoms with Crippen molar-refractivity contribution in [2.24, 2.45) is 0 Å². The van der Waals surface area contributed by atoms with Gasteiger partial charge in [-0.1, -0.05) is 6.42 Å². The normalized spacial score (nSPS) is 35.5. The van der Waals surface area contributed by atoms with E-state index in [9.17, 15) is 13.9 Å². The SMILES string of the molecule is OC1(c2ccc(F)nc2F)CC2CCCC(C1)N2. The van der Waals surface area contributed by atoms with Crippen molar-refractivity contribution >= 4 is 0 Å². The maximum Gasteiger partial charge on any atom is 0.221 e. The lowest BCUT2D eigenvalue weighted by Crippen LogP contribution is -2.54. The molecule has 5 heteroatoms. The molecule has 2 saturated heterocycles. The summed E-state index contributed by atoms with van der Waals surface area (Å²) >= 11 is 0. The van der Waals surface area contributed by atoms with Crippen LogP contribution in [0.25, 0.3) is 0 Å². The standard InChI is InChI=1S/C13H16F2N2O/c14-11-5-4-10(12(15)17-11)13(18)6-8-2-1-3-9(7-13)16-8/h4-5,8-9,16,18H,1-3,6-7H2. The number of hydrogen-bond donors (Lipinski definition) is 2. The van der Waals surface area contributed by atoms with E-state index in [1.165, 1.54) is 6.07 Å². The van der Waals surface area contributed by atoms with Crippen molar-refractivity contribution in [1.29, 1.82) is 0 Å². The molecule has 0 radical (unpaired) electrons. The molecule has 2 bridgehead atoms. The van der Waals surface area contributed by atoms with E-state index < -0.39 is 17.5 Å². The van der Waals surface area contributed by atoms with E-state index in [1.807, 2.05) is 0 Å². The van der Waals surface area contributed by atoms with Crippen molar-refractivity contribution < 1.29 is 13.9 Å². The minimum Gasteiger partial charge on any atom is -0.385 e. The van der Waals surface area contributed by atoms with Gasteiger partial charge in [0.2, 0.25) is 11.9 Å². The Kier molecular flexibility index (Phi) is 2.83. The Balaban J connectivity index is 1.94. The van der Waals surface area contributed by atoms with Crippen molar-refractivity contribution in [3.05, 3.63) is 29.6 Å². The molecule has 2 fully saturated rings. The van der Waals surface area contributed by atoms with Gasteiger partial charge in [0.15, 0.2) is 0 Å². The van der Waals surface area contributed by atoms with Gasteiger partial charge in [0.05, 0.1) is 5.60 Å². The van der Waals surface area contributed by atoms with Gasteiger partial charge in [-0.05, 0) is 37.8 Å². The molecule has 2 N–H and O–H groups in total. The highest BCUT2D eigenvalue weighted by Gasteiger charge is 2.43. The van der Waals surface area contributed by atoms with E-state index in [-0.39, 0.29) is 17.6 Å². The first-order valence-corrected chi connectivity index (χ1v) is 6.38. The third-order valence-electron chi connectivity index (χ3n) is 4.06. The molecule has 0 aliphatic carbocycles. The van der Waals surface area contributed by atoms with Crippen LogP contribution in [0.5, 0.6) is 0 Å². The van der Waals surface area contributed by atoms with Crippen LogP contribution in [0.15, 0.2) is 12.1 Å². The lowest BCUT2D eigenvalue weighted by molar-refractivity contribution is -0.0390. The Morgan fingerprint density at radius 2 is 1.89 bits per heavy atom. The molecule has 0 aromatic carbocycles. The van der Waals surface area contributed by atoms with E-state index in [0.717, 1.165) is 25.3 Å². The summed E-state index contributed by atoms with van der Waals surface area (Å²) in [7, 11) is 0. The molecule has 3 nitrogen and oxygen atoms in total. The predicted octanol–water partition coefficient (Wildman–Crippen LogP) is 1.85. The number of aliphatic hydroxyl groups is 1. The highest BCUT2D eigenvalue weighted by Crippen LogP contribution is 2.40. The molecule has 0 amide bonds. The third kappa shape index (κ3) is 2.01. The molecule has 2 aliphatic rings. The Morgan fingerprint density at radius 3 is 2.50 bits per heavy atom. The molecule has 18 heavy (non-hydrogen) atoms. The first kappa shape index (κ1) is 12.0. The fraction of sp³-hybridized carbons (Fsp3) is 0.615. The lowest BCUT2D eigenvalue weighted by Gasteiger charge is -2.45. The van der Waals surface area contributed by atoms with E-state index in [4.69, 9.17) is 0 Å². The number of rotatable bonds is 1. The van der Waals surface area contributed by atoms with Crippen LogP contribution in [0.2, 0.25) is 0 Å². The van der Waals surface area contributed by atoms with Gasteiger partial charge >= 0.3 is 0 Å². The summed E-state index contributed by atoms with van der Waals surface area (Å²) in [5, 5.41) is 14.1. The van der Waals surface area contributed by atoms with Gasteiger partial charge in [-0.15, -0.1) is 0 Å². The predicted molar refractivity (Wildman–Crippen MR) is 61.8 cm³/mol. The number of nitrogens with zero attached hydrogens (tertiary/aromatic N) is 1. The zero-order valence-electron chi connectivity index (χ0n) is 10.00. The van der Waals surface area contributed by atoms with Crippen LogP contribution in [0.1, 0.15) is 37.7 Å². The minimum atomic E-state index is -1.22. The topological polar surface area (TPSA) is 45.2 Å². The fourth-order valence-electron chi connectivity index (χ4n) is 3.31. The highest BCUT2D eigenvalue weighted by atomic mass is 19.1. The molecule has 1 aromatic rings. The average molecular weight is 254 g/mol. The molecule has 3 heterocycles. The average Bonchev–Trinajstić information content (AvgIpc) is 2.27. The van der Waals surface area contributed by atoms with Crippen molar-refractivity contribution in [2.45, 2.75) is 49.8 Å². The number of halogens is 2. The van der Waals surface area contributed by atoms with Gasteiger partial charge in [0, 0.05) is 17.6 Å². The van der Waals surface area contributed by atoms with Crippen LogP contribution in [0.3, 0.4) is 0 Å². The lowest BCUT2D eigenvalue weighted by atomic mass is 9.74. The number of aromatic nitrogens is 1. The molecule has 2 unspecified atom stereocenters. The maximum atomic E-state index is 13.7. The van der Waals surface area contributed by atoms with Crippen molar-refractivity contribution in [1.82, 2.24) is 10.3 Å². The van der Waals surface area contributed by atoms with Crippen LogP contribution in [0, 0.1) is 11.9 Å². The Hall–Kier alpha value is -1.07. The molecule has 3 rings (SSSR count). The molecule has 2 atom stereocenters. The molecule has 1 aromatic heterocycles. The number of pyridine rings is 1. The maximum absolute atomic E-state index is 13.7. The van der Waals surface area contributed by atoms with E-state index in [2.05, 4.69) is 10.3 Å². The number of fused-ring (bicyclic) bond motifs is 2. The fourth-order valence-corrected chi connectivity index (χ4v) is 3.31. The van der Waals surface area contributed by atoms with Gasteiger partial charge in [0.1, 0.15) is 0 Å². The van der Waals surface area contributed by atoms with Gasteiger partial charge in [-0.25, -0.2) is 0 Å². The minimum absolute atomic E-state index is 0.127. The second-order valence-corrected chi connectivity index (χ2v) is 5.40. The van der Waals surface area contributed by atoms with Crippen LogP contribution in [-0.4, -0.2) is 22.2 Å². The van der Waals surface area contributed by atoms with E-state index in [1.54, 1.807) is 0 Å². The first-order chi connectivity index (χ1) is 8.57. The van der Waals surface area contributed by atoms with E-state index >= 15 is 0 Å². The van der Waals surface area contributed by atoms with Crippen LogP contribution >= 0.6 is 0 Å². The molecule has 0 saturated carbocycles. The van der Waals surface area contributed by atoms with Crippen LogP contribution in [0.4, 0.5) is 8.78 Å². The van der Waals surface area contributed by atoms with Crippen molar-refractivity contribution in [3.63, 3.8) is 0 Å². The third-order valence-corrected chi connectivity index (χ3v) is 4.06. The zero-order valence-corrected chi connectivity index (χ0v) is 10.00. The summed E-state index contributed by atoms with van der Waals surface area (Å²) in [5.74, 6) is -1.74. The zero-order chi connectivity index (χ0) is 12.8. The molecule has 2 aliphatic heterocycles. The summed E-state index contributed by atoms with van der Waals surface area (Å²) in [6.07, 6.45) is 4.06. The smallest absolute Gasteiger partial charge is 0.221 e. The molecular formula is C13H16F2N2O. The van der Waals surface area contributed by atoms with Gasteiger partial charge in [0.25, 0.3) is 0 Å². The second-order valence-electron chi connectivity index (χ2n) is 5.40. The Bertz CT molecular complexity index is 454. The number of hydrogen-bond acceptors (Lipinski definition) is 3. The van der Waals surface area contributed by atoms with Gasteiger partial charge in [-0.3, -0.25) is 0 Å². The summed E-state index contributed by atoms with van der Waals surface area (Å²) in [6, 6.07) is 2.85.